The van der Waals surface area contributed by atoms with Gasteiger partial charge in [0.1, 0.15) is 5.75 Å². The van der Waals surface area contributed by atoms with Gasteiger partial charge in [-0.2, -0.15) is 5.26 Å². The van der Waals surface area contributed by atoms with Crippen molar-refractivity contribution >= 4 is 17.6 Å². The van der Waals surface area contributed by atoms with Crippen molar-refractivity contribution in [3.8, 4) is 22.9 Å². The van der Waals surface area contributed by atoms with Crippen LogP contribution in [0.3, 0.4) is 0 Å². The van der Waals surface area contributed by atoms with Gasteiger partial charge in [-0.1, -0.05) is 17.7 Å². The molecule has 0 aliphatic rings. The minimum atomic E-state index is -1.10. The monoisotopic (exact) mass is 287 g/mol. The number of hydrogen-bond donors (Lipinski definition) is 1. The maximum Gasteiger partial charge on any atom is 0.337 e. The number of carboxylic acids is 1. The van der Waals surface area contributed by atoms with Crippen LogP contribution in [0.2, 0.25) is 5.02 Å². The minimum Gasteiger partial charge on any atom is -0.496 e. The summed E-state index contributed by atoms with van der Waals surface area (Å²) in [7, 11) is 1.51. The fourth-order valence-electron chi connectivity index (χ4n) is 1.86. The highest BCUT2D eigenvalue weighted by Crippen LogP contribution is 2.33. The molecule has 0 aliphatic carbocycles. The smallest absolute Gasteiger partial charge is 0.337 e. The highest BCUT2D eigenvalue weighted by molar-refractivity contribution is 6.33. The van der Waals surface area contributed by atoms with Crippen LogP contribution >= 0.6 is 11.6 Å². The molecule has 0 amide bonds. The first-order valence-electron chi connectivity index (χ1n) is 5.68. The number of carboxylic acid groups (broad SMARTS) is 1. The Kier molecular flexibility index (Phi) is 3.92. The molecule has 2 rings (SSSR count). The van der Waals surface area contributed by atoms with E-state index in [2.05, 4.69) is 0 Å². The number of methoxy groups -OCH3 is 1. The fraction of sp³-hybridized carbons (Fsp3) is 0.0667. The third kappa shape index (κ3) is 2.58. The Morgan fingerprint density at radius 2 is 2.05 bits per heavy atom. The van der Waals surface area contributed by atoms with Crippen molar-refractivity contribution in [2.24, 2.45) is 0 Å². The molecule has 0 heterocycles. The van der Waals surface area contributed by atoms with Crippen LogP contribution in [0.25, 0.3) is 11.1 Å². The molecule has 0 saturated heterocycles. The van der Waals surface area contributed by atoms with Crippen LogP contribution in [-0.4, -0.2) is 18.2 Å². The topological polar surface area (TPSA) is 70.3 Å². The summed E-state index contributed by atoms with van der Waals surface area (Å²) in [5, 5.41) is 18.2. The predicted molar refractivity (Wildman–Crippen MR) is 75.1 cm³/mol. The molecular weight excluding hydrogens is 278 g/mol. The molecule has 0 radical (unpaired) electrons. The van der Waals surface area contributed by atoms with Crippen LogP contribution in [0.1, 0.15) is 15.9 Å². The largest absolute Gasteiger partial charge is 0.496 e. The van der Waals surface area contributed by atoms with E-state index in [0.717, 1.165) is 0 Å². The Bertz CT molecular complexity index is 720. The van der Waals surface area contributed by atoms with Gasteiger partial charge in [0.05, 0.1) is 29.3 Å². The number of aromatic carboxylic acids is 1. The number of nitriles is 1. The third-order valence-corrected chi connectivity index (χ3v) is 3.17. The van der Waals surface area contributed by atoms with Crippen LogP contribution in [0.5, 0.6) is 5.75 Å². The standard InChI is InChI=1S/C15H10ClNO3/c1-20-14-5-2-9(8-17)6-11(14)10-3-4-13(16)12(7-10)15(18)19/h2-7H,1H3,(H,18,19). The molecule has 20 heavy (non-hydrogen) atoms. The lowest BCUT2D eigenvalue weighted by Crippen LogP contribution is -1.98. The van der Waals surface area contributed by atoms with Gasteiger partial charge in [-0.25, -0.2) is 4.79 Å². The molecule has 4 nitrogen and oxygen atoms in total. The van der Waals surface area contributed by atoms with Crippen molar-refractivity contribution in [1.29, 1.82) is 5.26 Å². The maximum atomic E-state index is 11.1. The van der Waals surface area contributed by atoms with Crippen LogP contribution in [-0.2, 0) is 0 Å². The van der Waals surface area contributed by atoms with Gasteiger partial charge in [0.15, 0.2) is 0 Å². The molecule has 0 aliphatic heterocycles. The van der Waals surface area contributed by atoms with Gasteiger partial charge in [0, 0.05) is 5.56 Å². The molecule has 0 unspecified atom stereocenters. The van der Waals surface area contributed by atoms with Gasteiger partial charge >= 0.3 is 5.97 Å². The van der Waals surface area contributed by atoms with Crippen LogP contribution in [0, 0.1) is 11.3 Å². The zero-order chi connectivity index (χ0) is 14.7. The molecule has 1 N–H and O–H groups in total. The summed E-state index contributed by atoms with van der Waals surface area (Å²) in [6.07, 6.45) is 0. The molecule has 0 saturated carbocycles. The first-order chi connectivity index (χ1) is 9.56. The van der Waals surface area contributed by atoms with E-state index in [1.807, 2.05) is 6.07 Å². The summed E-state index contributed by atoms with van der Waals surface area (Å²) in [6, 6.07) is 11.7. The van der Waals surface area contributed by atoms with E-state index in [-0.39, 0.29) is 10.6 Å². The Morgan fingerprint density at radius 3 is 2.65 bits per heavy atom. The number of halogens is 1. The highest BCUT2D eigenvalue weighted by atomic mass is 35.5. The summed E-state index contributed by atoms with van der Waals surface area (Å²) < 4.78 is 5.24. The second-order valence-electron chi connectivity index (χ2n) is 4.03. The molecule has 2 aromatic carbocycles. The van der Waals surface area contributed by atoms with Crippen molar-refractivity contribution < 1.29 is 14.6 Å². The molecule has 0 atom stereocenters. The molecule has 0 aromatic heterocycles. The van der Waals surface area contributed by atoms with E-state index < -0.39 is 5.97 Å². The number of rotatable bonds is 3. The van der Waals surface area contributed by atoms with Crippen molar-refractivity contribution in [2.45, 2.75) is 0 Å². The van der Waals surface area contributed by atoms with Crippen molar-refractivity contribution in [3.63, 3.8) is 0 Å². The Hall–Kier alpha value is -2.51. The van der Waals surface area contributed by atoms with Crippen LogP contribution < -0.4 is 4.74 Å². The molecule has 2 aromatic rings. The lowest BCUT2D eigenvalue weighted by atomic mass is 10.00. The lowest BCUT2D eigenvalue weighted by Gasteiger charge is -2.10. The minimum absolute atomic E-state index is 0.00794. The van der Waals surface area contributed by atoms with Crippen LogP contribution in [0.15, 0.2) is 36.4 Å². The van der Waals surface area contributed by atoms with E-state index in [9.17, 15) is 4.79 Å². The number of carbonyl (C=O) groups is 1. The number of hydrogen-bond acceptors (Lipinski definition) is 3. The van der Waals surface area contributed by atoms with Gasteiger partial charge in [0.25, 0.3) is 0 Å². The summed E-state index contributed by atoms with van der Waals surface area (Å²) in [5.41, 5.74) is 1.74. The summed E-state index contributed by atoms with van der Waals surface area (Å²) in [5.74, 6) is -0.546. The summed E-state index contributed by atoms with van der Waals surface area (Å²) >= 11 is 5.85. The molecule has 0 bridgehead atoms. The number of benzene rings is 2. The summed E-state index contributed by atoms with van der Waals surface area (Å²) in [4.78, 5) is 11.1. The third-order valence-electron chi connectivity index (χ3n) is 2.84. The Balaban J connectivity index is 2.65. The Morgan fingerprint density at radius 1 is 1.30 bits per heavy atom. The van der Waals surface area contributed by atoms with E-state index >= 15 is 0 Å². The van der Waals surface area contributed by atoms with E-state index in [4.69, 9.17) is 26.7 Å². The number of ether oxygens (including phenoxy) is 1. The predicted octanol–water partition coefficient (Wildman–Crippen LogP) is 3.59. The van der Waals surface area contributed by atoms with Gasteiger partial charge < -0.3 is 9.84 Å². The molecular formula is C15H10ClNO3. The van der Waals surface area contributed by atoms with Crippen LogP contribution in [0.4, 0.5) is 0 Å². The van der Waals surface area contributed by atoms with Gasteiger partial charge in [0.2, 0.25) is 0 Å². The summed E-state index contributed by atoms with van der Waals surface area (Å²) in [6.45, 7) is 0. The zero-order valence-electron chi connectivity index (χ0n) is 10.6. The van der Waals surface area contributed by atoms with Gasteiger partial charge in [-0.05, 0) is 35.9 Å². The second kappa shape index (κ2) is 5.64. The second-order valence-corrected chi connectivity index (χ2v) is 4.43. The molecule has 0 spiro atoms. The number of nitrogens with zero attached hydrogens (tertiary/aromatic N) is 1. The van der Waals surface area contributed by atoms with Crippen molar-refractivity contribution in [3.05, 3.63) is 52.5 Å². The average Bonchev–Trinajstić information content (AvgIpc) is 2.46. The van der Waals surface area contributed by atoms with Crippen molar-refractivity contribution in [1.82, 2.24) is 0 Å². The molecule has 100 valence electrons. The average molecular weight is 288 g/mol. The lowest BCUT2D eigenvalue weighted by molar-refractivity contribution is 0.0697. The van der Waals surface area contributed by atoms with E-state index in [1.54, 1.807) is 24.3 Å². The maximum absolute atomic E-state index is 11.1. The highest BCUT2D eigenvalue weighted by Gasteiger charge is 2.13. The quantitative estimate of drug-likeness (QED) is 0.936. The zero-order valence-corrected chi connectivity index (χ0v) is 11.3. The normalized spacial score (nSPS) is 9.85. The molecule has 5 heteroatoms. The van der Waals surface area contributed by atoms with E-state index in [1.165, 1.54) is 19.2 Å². The first-order valence-corrected chi connectivity index (χ1v) is 6.06. The van der Waals surface area contributed by atoms with E-state index in [0.29, 0.717) is 22.4 Å². The van der Waals surface area contributed by atoms with Crippen molar-refractivity contribution in [2.75, 3.05) is 7.11 Å². The SMILES string of the molecule is COc1ccc(C#N)cc1-c1ccc(Cl)c(C(=O)O)c1. The fourth-order valence-corrected chi connectivity index (χ4v) is 2.06. The Labute approximate surface area is 120 Å². The van der Waals surface area contributed by atoms with Gasteiger partial charge in [-0.15, -0.1) is 0 Å². The first kappa shape index (κ1) is 13.9. The molecule has 0 fully saturated rings. The van der Waals surface area contributed by atoms with Gasteiger partial charge in [-0.3, -0.25) is 0 Å².